The Morgan fingerprint density at radius 2 is 1.47 bits per heavy atom. The first-order chi connectivity index (χ1) is 7.76. The van der Waals surface area contributed by atoms with Gasteiger partial charge in [0.15, 0.2) is 0 Å². The predicted molar refractivity (Wildman–Crippen MR) is 69.0 cm³/mol. The molecule has 1 saturated heterocycles. The third-order valence-electron chi connectivity index (χ3n) is 3.44. The van der Waals surface area contributed by atoms with Gasteiger partial charge in [-0.1, -0.05) is 0 Å². The summed E-state index contributed by atoms with van der Waals surface area (Å²) in [6.45, 7) is 8.78. The molecule has 1 aliphatic heterocycles. The second-order valence-electron chi connectivity index (χ2n) is 6.89. The van der Waals surface area contributed by atoms with Gasteiger partial charge in [-0.2, -0.15) is 0 Å². The summed E-state index contributed by atoms with van der Waals surface area (Å²) in [5.74, 6) is 0. The van der Waals surface area contributed by atoms with E-state index in [9.17, 15) is 4.79 Å². The van der Waals surface area contributed by atoms with Gasteiger partial charge in [0.2, 0.25) is 0 Å². The van der Waals surface area contributed by atoms with Crippen LogP contribution in [0.4, 0.5) is 4.79 Å². The SMILES string of the molecule is CC1(C)CC(NC(=O)NC2CC2)CC(C)(C)N1. The summed E-state index contributed by atoms with van der Waals surface area (Å²) >= 11 is 0. The van der Waals surface area contributed by atoms with Gasteiger partial charge in [-0.3, -0.25) is 0 Å². The van der Waals surface area contributed by atoms with Crippen molar-refractivity contribution in [2.24, 2.45) is 0 Å². The number of rotatable bonds is 2. The quantitative estimate of drug-likeness (QED) is 0.688. The molecular formula is C13H25N3O. The average Bonchev–Trinajstić information content (AvgIpc) is 2.80. The molecule has 0 aromatic carbocycles. The van der Waals surface area contributed by atoms with Crippen LogP contribution in [0.15, 0.2) is 0 Å². The topological polar surface area (TPSA) is 53.2 Å². The minimum atomic E-state index is 0.00556. The maximum absolute atomic E-state index is 11.7. The average molecular weight is 239 g/mol. The summed E-state index contributed by atoms with van der Waals surface area (Å²) in [5, 5.41) is 9.71. The van der Waals surface area contributed by atoms with Crippen molar-refractivity contribution in [2.45, 2.75) is 76.5 Å². The number of hydrogen-bond acceptors (Lipinski definition) is 2. The van der Waals surface area contributed by atoms with Gasteiger partial charge in [-0.15, -0.1) is 0 Å². The molecule has 0 atom stereocenters. The van der Waals surface area contributed by atoms with Crippen LogP contribution < -0.4 is 16.0 Å². The molecule has 17 heavy (non-hydrogen) atoms. The van der Waals surface area contributed by atoms with Crippen molar-refractivity contribution in [1.82, 2.24) is 16.0 Å². The van der Waals surface area contributed by atoms with E-state index in [4.69, 9.17) is 0 Å². The fourth-order valence-corrected chi connectivity index (χ4v) is 3.06. The first-order valence-electron chi connectivity index (χ1n) is 6.62. The third kappa shape index (κ3) is 3.87. The van der Waals surface area contributed by atoms with E-state index in [1.807, 2.05) is 0 Å². The zero-order chi connectivity index (χ0) is 12.7. The summed E-state index contributed by atoms with van der Waals surface area (Å²) in [7, 11) is 0. The maximum atomic E-state index is 11.7. The molecule has 4 heteroatoms. The van der Waals surface area contributed by atoms with Gasteiger partial charge in [0.05, 0.1) is 0 Å². The van der Waals surface area contributed by atoms with Crippen molar-refractivity contribution in [3.8, 4) is 0 Å². The van der Waals surface area contributed by atoms with Crippen molar-refractivity contribution in [3.63, 3.8) is 0 Å². The molecule has 0 unspecified atom stereocenters. The van der Waals surface area contributed by atoms with Crippen LogP contribution in [0.3, 0.4) is 0 Å². The summed E-state index contributed by atoms with van der Waals surface area (Å²) in [4.78, 5) is 11.7. The van der Waals surface area contributed by atoms with Crippen LogP contribution in [0.25, 0.3) is 0 Å². The van der Waals surface area contributed by atoms with E-state index >= 15 is 0 Å². The molecule has 4 nitrogen and oxygen atoms in total. The molecular weight excluding hydrogens is 214 g/mol. The normalized spacial score (nSPS) is 27.5. The van der Waals surface area contributed by atoms with Crippen molar-refractivity contribution in [3.05, 3.63) is 0 Å². The Bertz CT molecular complexity index is 292. The van der Waals surface area contributed by atoms with E-state index in [1.54, 1.807) is 0 Å². The van der Waals surface area contributed by atoms with Gasteiger partial charge in [0.1, 0.15) is 0 Å². The lowest BCUT2D eigenvalue weighted by atomic mass is 9.80. The van der Waals surface area contributed by atoms with Crippen LogP contribution in [-0.4, -0.2) is 29.2 Å². The summed E-state index contributed by atoms with van der Waals surface area (Å²) in [6, 6.07) is 0.698. The van der Waals surface area contributed by atoms with Crippen LogP contribution >= 0.6 is 0 Å². The molecule has 0 aromatic rings. The second-order valence-corrected chi connectivity index (χ2v) is 6.89. The van der Waals surface area contributed by atoms with Crippen molar-refractivity contribution < 1.29 is 4.79 Å². The standard InChI is InChI=1S/C13H25N3O/c1-12(2)7-10(8-13(3,4)16-12)15-11(17)14-9-5-6-9/h9-10,16H,5-8H2,1-4H3,(H2,14,15,17). The second kappa shape index (κ2) is 4.16. The molecule has 0 bridgehead atoms. The first kappa shape index (κ1) is 12.7. The lowest BCUT2D eigenvalue weighted by Gasteiger charge is -2.46. The molecule has 1 saturated carbocycles. The Morgan fingerprint density at radius 3 is 1.94 bits per heavy atom. The van der Waals surface area contributed by atoms with Crippen LogP contribution in [0.1, 0.15) is 53.4 Å². The molecule has 0 radical (unpaired) electrons. The monoisotopic (exact) mass is 239 g/mol. The highest BCUT2D eigenvalue weighted by atomic mass is 16.2. The van der Waals surface area contributed by atoms with E-state index in [1.165, 1.54) is 0 Å². The van der Waals surface area contributed by atoms with Crippen LogP contribution in [0, 0.1) is 0 Å². The maximum Gasteiger partial charge on any atom is 0.315 e. The number of piperidine rings is 1. The summed E-state index contributed by atoms with van der Waals surface area (Å²) < 4.78 is 0. The lowest BCUT2D eigenvalue weighted by molar-refractivity contribution is 0.147. The number of urea groups is 1. The molecule has 2 fully saturated rings. The van der Waals surface area contributed by atoms with E-state index in [-0.39, 0.29) is 23.2 Å². The van der Waals surface area contributed by atoms with Crippen molar-refractivity contribution in [1.29, 1.82) is 0 Å². The lowest BCUT2D eigenvalue weighted by Crippen LogP contribution is -2.62. The number of carbonyl (C=O) groups excluding carboxylic acids is 1. The summed E-state index contributed by atoms with van der Waals surface area (Å²) in [5.41, 5.74) is 0.165. The molecule has 0 aromatic heterocycles. The van der Waals surface area contributed by atoms with E-state index in [2.05, 4.69) is 43.6 Å². The van der Waals surface area contributed by atoms with Gasteiger partial charge in [0.25, 0.3) is 0 Å². The molecule has 1 heterocycles. The fourth-order valence-electron chi connectivity index (χ4n) is 3.06. The van der Waals surface area contributed by atoms with Gasteiger partial charge in [-0.05, 0) is 53.4 Å². The highest BCUT2D eigenvalue weighted by Crippen LogP contribution is 2.28. The highest BCUT2D eigenvalue weighted by molar-refractivity contribution is 5.74. The van der Waals surface area contributed by atoms with Crippen molar-refractivity contribution in [2.75, 3.05) is 0 Å². The van der Waals surface area contributed by atoms with Gasteiger partial charge >= 0.3 is 6.03 Å². The molecule has 1 aliphatic carbocycles. The van der Waals surface area contributed by atoms with Gasteiger partial charge in [-0.25, -0.2) is 4.79 Å². The molecule has 2 aliphatic rings. The van der Waals surface area contributed by atoms with E-state index < -0.39 is 0 Å². The molecule has 2 amide bonds. The Kier molecular flexibility index (Phi) is 3.10. The number of amides is 2. The fraction of sp³-hybridized carbons (Fsp3) is 0.923. The van der Waals surface area contributed by atoms with Gasteiger partial charge in [0, 0.05) is 23.2 Å². The Morgan fingerprint density at radius 1 is 1.00 bits per heavy atom. The van der Waals surface area contributed by atoms with Crippen LogP contribution in [-0.2, 0) is 0 Å². The van der Waals surface area contributed by atoms with Crippen LogP contribution in [0.5, 0.6) is 0 Å². The highest BCUT2D eigenvalue weighted by Gasteiger charge is 2.38. The largest absolute Gasteiger partial charge is 0.335 e. The molecule has 0 spiro atoms. The van der Waals surface area contributed by atoms with Gasteiger partial charge < -0.3 is 16.0 Å². The minimum Gasteiger partial charge on any atom is -0.335 e. The Balaban J connectivity index is 1.88. The molecule has 98 valence electrons. The zero-order valence-corrected chi connectivity index (χ0v) is 11.4. The predicted octanol–water partition coefficient (Wildman–Crippen LogP) is 1.76. The Hall–Kier alpha value is -0.770. The van der Waals surface area contributed by atoms with Crippen molar-refractivity contribution >= 4 is 6.03 Å². The Labute approximate surface area is 104 Å². The first-order valence-corrected chi connectivity index (χ1v) is 6.62. The van der Waals surface area contributed by atoms with Crippen LogP contribution in [0.2, 0.25) is 0 Å². The summed E-state index contributed by atoms with van der Waals surface area (Å²) in [6.07, 6.45) is 4.23. The molecule has 3 N–H and O–H groups in total. The van der Waals surface area contributed by atoms with E-state index in [0.717, 1.165) is 25.7 Å². The zero-order valence-electron chi connectivity index (χ0n) is 11.4. The smallest absolute Gasteiger partial charge is 0.315 e. The third-order valence-corrected chi connectivity index (χ3v) is 3.44. The number of nitrogens with one attached hydrogen (secondary N) is 3. The number of carbonyl (C=O) groups is 1. The minimum absolute atomic E-state index is 0.00556. The number of hydrogen-bond donors (Lipinski definition) is 3. The molecule has 2 rings (SSSR count). The van der Waals surface area contributed by atoms with E-state index in [0.29, 0.717) is 6.04 Å².